The van der Waals surface area contributed by atoms with Crippen molar-refractivity contribution in [2.75, 3.05) is 39.3 Å². The van der Waals surface area contributed by atoms with E-state index in [2.05, 4.69) is 22.0 Å². The number of likely N-dealkylation sites (N-methyl/N-ethyl adjacent to an activating group) is 1. The third-order valence-electron chi connectivity index (χ3n) is 4.65. The maximum atomic E-state index is 13.9. The first-order valence-electron chi connectivity index (χ1n) is 7.71. The van der Waals surface area contributed by atoms with E-state index in [4.69, 9.17) is 0 Å². The van der Waals surface area contributed by atoms with Gasteiger partial charge in [-0.25, -0.2) is 4.39 Å². The molecule has 0 aliphatic carbocycles. The fourth-order valence-electron chi connectivity index (χ4n) is 3.55. The second-order valence-corrected chi connectivity index (χ2v) is 5.86. The van der Waals surface area contributed by atoms with Gasteiger partial charge in [0.25, 0.3) is 0 Å². The van der Waals surface area contributed by atoms with Crippen molar-refractivity contribution < 1.29 is 4.39 Å². The normalized spacial score (nSPS) is 30.4. The Hall–Kier alpha value is -0.970. The molecule has 0 aromatic heterocycles. The van der Waals surface area contributed by atoms with Crippen LogP contribution >= 0.6 is 0 Å². The molecule has 3 fully saturated rings. The van der Waals surface area contributed by atoms with Gasteiger partial charge in [0.15, 0.2) is 0 Å². The molecule has 0 spiro atoms. The lowest BCUT2D eigenvalue weighted by Gasteiger charge is -2.50. The van der Waals surface area contributed by atoms with Crippen LogP contribution in [0.5, 0.6) is 0 Å². The Morgan fingerprint density at radius 2 is 2.00 bits per heavy atom. The molecule has 0 saturated carbocycles. The van der Waals surface area contributed by atoms with Gasteiger partial charge in [-0.3, -0.25) is 9.80 Å². The Morgan fingerprint density at radius 1 is 1.25 bits per heavy atom. The van der Waals surface area contributed by atoms with E-state index in [0.717, 1.165) is 38.2 Å². The number of fused-ring (bicyclic) bond motifs is 3. The molecule has 2 unspecified atom stereocenters. The molecule has 2 atom stereocenters. The van der Waals surface area contributed by atoms with Crippen LogP contribution in [0.15, 0.2) is 24.3 Å². The second kappa shape index (κ2) is 6.20. The monoisotopic (exact) mass is 277 g/mol. The molecule has 3 aliphatic heterocycles. The second-order valence-electron chi connectivity index (χ2n) is 5.86. The van der Waals surface area contributed by atoms with Gasteiger partial charge in [-0.05, 0) is 24.6 Å². The molecule has 20 heavy (non-hydrogen) atoms. The van der Waals surface area contributed by atoms with E-state index in [1.807, 2.05) is 12.1 Å². The van der Waals surface area contributed by atoms with Crippen LogP contribution in [0.2, 0.25) is 0 Å². The lowest BCUT2D eigenvalue weighted by Crippen LogP contribution is -2.66. The zero-order valence-corrected chi connectivity index (χ0v) is 12.2. The summed E-state index contributed by atoms with van der Waals surface area (Å²) in [7, 11) is 0. The van der Waals surface area contributed by atoms with Gasteiger partial charge in [-0.2, -0.15) is 0 Å². The molecular weight excluding hydrogens is 253 g/mol. The molecule has 3 aliphatic rings. The van der Waals surface area contributed by atoms with Gasteiger partial charge in [0.2, 0.25) is 0 Å². The number of piperazine rings is 3. The van der Waals surface area contributed by atoms with Gasteiger partial charge >= 0.3 is 0 Å². The molecule has 2 bridgehead atoms. The number of benzene rings is 1. The largest absolute Gasteiger partial charge is 0.312 e. The van der Waals surface area contributed by atoms with Gasteiger partial charge in [-0.1, -0.05) is 25.1 Å². The Kier molecular flexibility index (Phi) is 4.34. The van der Waals surface area contributed by atoms with Crippen molar-refractivity contribution >= 4 is 0 Å². The average Bonchev–Trinajstić information content (AvgIpc) is 2.50. The van der Waals surface area contributed by atoms with Crippen LogP contribution in [0.1, 0.15) is 12.5 Å². The highest BCUT2D eigenvalue weighted by Gasteiger charge is 2.36. The van der Waals surface area contributed by atoms with Crippen molar-refractivity contribution in [2.45, 2.75) is 25.4 Å². The van der Waals surface area contributed by atoms with Crippen LogP contribution in [0.25, 0.3) is 0 Å². The summed E-state index contributed by atoms with van der Waals surface area (Å²) >= 11 is 0. The summed E-state index contributed by atoms with van der Waals surface area (Å²) in [6, 6.07) is 8.01. The standard InChI is InChI=1S/C16H24FN3/c1-2-18-15(11-13-5-3-4-6-14(13)17)16-12-19-7-9-20(16)10-8-19/h3-6,15-16,18H,2,7-12H2,1H3. The minimum Gasteiger partial charge on any atom is -0.312 e. The van der Waals surface area contributed by atoms with Crippen molar-refractivity contribution in [1.29, 1.82) is 0 Å². The predicted octanol–water partition coefficient (Wildman–Crippen LogP) is 1.35. The Bertz CT molecular complexity index is 443. The van der Waals surface area contributed by atoms with Crippen LogP contribution in [0, 0.1) is 5.82 Å². The lowest BCUT2D eigenvalue weighted by atomic mass is 9.94. The average molecular weight is 277 g/mol. The summed E-state index contributed by atoms with van der Waals surface area (Å²) in [4.78, 5) is 5.12. The number of hydrogen-bond acceptors (Lipinski definition) is 3. The summed E-state index contributed by atoms with van der Waals surface area (Å²) in [5.74, 6) is -0.0771. The van der Waals surface area contributed by atoms with Crippen LogP contribution < -0.4 is 5.32 Å². The first-order valence-corrected chi connectivity index (χ1v) is 7.71. The number of rotatable bonds is 5. The first kappa shape index (κ1) is 14.0. The SMILES string of the molecule is CCNC(Cc1ccccc1F)C1CN2CCN1CC2. The highest BCUT2D eigenvalue weighted by molar-refractivity contribution is 5.19. The van der Waals surface area contributed by atoms with Crippen LogP contribution in [-0.4, -0.2) is 61.2 Å². The fraction of sp³-hybridized carbons (Fsp3) is 0.625. The summed E-state index contributed by atoms with van der Waals surface area (Å²) < 4.78 is 13.9. The zero-order valence-electron chi connectivity index (χ0n) is 12.2. The Balaban J connectivity index is 1.74. The summed E-state index contributed by atoms with van der Waals surface area (Å²) in [6.45, 7) is 8.87. The molecule has 1 aromatic rings. The highest BCUT2D eigenvalue weighted by Crippen LogP contribution is 2.21. The number of nitrogens with one attached hydrogen (secondary N) is 1. The van der Waals surface area contributed by atoms with Crippen molar-refractivity contribution in [3.8, 4) is 0 Å². The fourth-order valence-corrected chi connectivity index (χ4v) is 3.55. The van der Waals surface area contributed by atoms with E-state index in [9.17, 15) is 4.39 Å². The van der Waals surface area contributed by atoms with Crippen LogP contribution in [0.4, 0.5) is 4.39 Å². The van der Waals surface area contributed by atoms with E-state index >= 15 is 0 Å². The molecule has 1 N–H and O–H groups in total. The van der Waals surface area contributed by atoms with Gasteiger partial charge in [0, 0.05) is 44.8 Å². The first-order chi connectivity index (χ1) is 9.78. The van der Waals surface area contributed by atoms with Gasteiger partial charge < -0.3 is 5.32 Å². The lowest BCUT2D eigenvalue weighted by molar-refractivity contribution is -0.00299. The van der Waals surface area contributed by atoms with Gasteiger partial charge in [0.1, 0.15) is 5.82 Å². The van der Waals surface area contributed by atoms with Crippen molar-refractivity contribution in [3.63, 3.8) is 0 Å². The predicted molar refractivity (Wildman–Crippen MR) is 79.4 cm³/mol. The third kappa shape index (κ3) is 2.87. The Morgan fingerprint density at radius 3 is 2.60 bits per heavy atom. The van der Waals surface area contributed by atoms with Crippen molar-refractivity contribution in [2.24, 2.45) is 0 Å². The van der Waals surface area contributed by atoms with Gasteiger partial charge in [-0.15, -0.1) is 0 Å². The minimum absolute atomic E-state index is 0.0771. The molecule has 3 heterocycles. The molecule has 1 aromatic carbocycles. The summed E-state index contributed by atoms with van der Waals surface area (Å²) in [6.07, 6.45) is 0.773. The molecule has 0 radical (unpaired) electrons. The molecule has 0 amide bonds. The van der Waals surface area contributed by atoms with E-state index < -0.39 is 0 Å². The molecule has 110 valence electrons. The van der Waals surface area contributed by atoms with Crippen LogP contribution in [-0.2, 0) is 6.42 Å². The van der Waals surface area contributed by atoms with E-state index in [0.29, 0.717) is 12.1 Å². The van der Waals surface area contributed by atoms with Crippen molar-refractivity contribution in [1.82, 2.24) is 15.1 Å². The maximum Gasteiger partial charge on any atom is 0.126 e. The van der Waals surface area contributed by atoms with E-state index in [1.54, 1.807) is 12.1 Å². The molecule has 4 heteroatoms. The van der Waals surface area contributed by atoms with E-state index in [-0.39, 0.29) is 5.82 Å². The van der Waals surface area contributed by atoms with Crippen molar-refractivity contribution in [3.05, 3.63) is 35.6 Å². The van der Waals surface area contributed by atoms with Gasteiger partial charge in [0.05, 0.1) is 0 Å². The maximum absolute atomic E-state index is 13.9. The number of nitrogens with zero attached hydrogens (tertiary/aromatic N) is 2. The quantitative estimate of drug-likeness (QED) is 0.876. The molecule has 3 nitrogen and oxygen atoms in total. The topological polar surface area (TPSA) is 18.5 Å². The smallest absolute Gasteiger partial charge is 0.126 e. The zero-order chi connectivity index (χ0) is 13.9. The van der Waals surface area contributed by atoms with E-state index in [1.165, 1.54) is 13.1 Å². The highest BCUT2D eigenvalue weighted by atomic mass is 19.1. The number of halogens is 1. The molecular formula is C16H24FN3. The molecule has 4 rings (SSSR count). The Labute approximate surface area is 120 Å². The molecule has 3 saturated heterocycles. The minimum atomic E-state index is -0.0771. The summed E-state index contributed by atoms with van der Waals surface area (Å²) in [5, 5.41) is 3.58. The van der Waals surface area contributed by atoms with Crippen LogP contribution in [0.3, 0.4) is 0 Å². The third-order valence-corrected chi connectivity index (χ3v) is 4.65. The summed E-state index contributed by atoms with van der Waals surface area (Å²) in [5.41, 5.74) is 0.830. The number of hydrogen-bond donors (Lipinski definition) is 1.